The first-order chi connectivity index (χ1) is 12.7. The average molecular weight is 425 g/mol. The van der Waals surface area contributed by atoms with Gasteiger partial charge in [-0.2, -0.15) is 0 Å². The second kappa shape index (κ2) is 7.75. The molecule has 8 heteroatoms. The Morgan fingerprint density at radius 1 is 1.11 bits per heavy atom. The third kappa shape index (κ3) is 4.43. The molecule has 0 bridgehead atoms. The highest BCUT2D eigenvalue weighted by molar-refractivity contribution is 7.89. The fourth-order valence-electron chi connectivity index (χ4n) is 2.58. The molecular formula is C19H21ClN2O3S2. The van der Waals surface area contributed by atoms with Gasteiger partial charge in [0.2, 0.25) is 10.0 Å². The zero-order valence-corrected chi connectivity index (χ0v) is 17.7. The summed E-state index contributed by atoms with van der Waals surface area (Å²) in [5.74, 6) is 0.181. The first-order valence-corrected chi connectivity index (χ1v) is 11.3. The van der Waals surface area contributed by atoms with Crippen molar-refractivity contribution in [2.75, 3.05) is 0 Å². The predicted octanol–water partition coefficient (Wildman–Crippen LogP) is 4.09. The third-order valence-corrected chi connectivity index (χ3v) is 7.30. The van der Waals surface area contributed by atoms with Crippen molar-refractivity contribution in [1.82, 2.24) is 9.29 Å². The van der Waals surface area contributed by atoms with Gasteiger partial charge in [-0.25, -0.2) is 13.1 Å². The van der Waals surface area contributed by atoms with Crippen molar-refractivity contribution < 1.29 is 8.42 Å². The summed E-state index contributed by atoms with van der Waals surface area (Å²) in [6.45, 7) is 6.16. The standard InChI is InChI=1S/C19H21ClN2O3S2/c1-12(2)13(3)21-27(24,25)16-8-9-17-18(10-16)26-19(23)22(17)11-14-4-6-15(20)7-5-14/h4-10,12-13,21H,11H2,1-3H3. The van der Waals surface area contributed by atoms with Crippen molar-refractivity contribution in [3.05, 3.63) is 62.7 Å². The van der Waals surface area contributed by atoms with E-state index in [0.29, 0.717) is 16.3 Å². The summed E-state index contributed by atoms with van der Waals surface area (Å²) < 4.78 is 30.2. The molecule has 0 aliphatic carbocycles. The van der Waals surface area contributed by atoms with Gasteiger partial charge in [0.15, 0.2) is 0 Å². The van der Waals surface area contributed by atoms with Gasteiger partial charge in [0, 0.05) is 11.1 Å². The Morgan fingerprint density at radius 2 is 1.78 bits per heavy atom. The number of hydrogen-bond donors (Lipinski definition) is 1. The third-order valence-electron chi connectivity index (χ3n) is 4.55. The topological polar surface area (TPSA) is 68.2 Å². The molecule has 144 valence electrons. The molecule has 1 aromatic heterocycles. The van der Waals surface area contributed by atoms with Gasteiger partial charge in [-0.15, -0.1) is 0 Å². The molecule has 3 aromatic rings. The average Bonchev–Trinajstić information content (AvgIpc) is 2.91. The molecule has 1 atom stereocenters. The Labute approximate surface area is 167 Å². The van der Waals surface area contributed by atoms with Crippen molar-refractivity contribution in [2.24, 2.45) is 5.92 Å². The zero-order valence-electron chi connectivity index (χ0n) is 15.3. The van der Waals surface area contributed by atoms with Gasteiger partial charge in [-0.05, 0) is 48.7 Å². The summed E-state index contributed by atoms with van der Waals surface area (Å²) in [7, 11) is -3.63. The molecule has 0 amide bonds. The molecule has 0 fully saturated rings. The van der Waals surface area contributed by atoms with Gasteiger partial charge < -0.3 is 0 Å². The lowest BCUT2D eigenvalue weighted by molar-refractivity contribution is 0.476. The van der Waals surface area contributed by atoms with Crippen LogP contribution < -0.4 is 9.60 Å². The van der Waals surface area contributed by atoms with E-state index in [9.17, 15) is 13.2 Å². The summed E-state index contributed by atoms with van der Waals surface area (Å²) in [5.41, 5.74) is 1.67. The van der Waals surface area contributed by atoms with E-state index in [1.54, 1.807) is 34.9 Å². The van der Waals surface area contributed by atoms with Crippen LogP contribution in [0.4, 0.5) is 0 Å². The van der Waals surface area contributed by atoms with Gasteiger partial charge >= 0.3 is 4.87 Å². The molecule has 2 aromatic carbocycles. The highest BCUT2D eigenvalue weighted by Gasteiger charge is 2.20. The molecule has 1 heterocycles. The zero-order chi connectivity index (χ0) is 19.8. The van der Waals surface area contributed by atoms with Gasteiger partial charge in [-0.1, -0.05) is 48.9 Å². The Morgan fingerprint density at radius 3 is 2.41 bits per heavy atom. The summed E-state index contributed by atoms with van der Waals surface area (Å²) in [5, 5.41) is 0.638. The van der Waals surface area contributed by atoms with Crippen LogP contribution in [0.1, 0.15) is 26.3 Å². The number of sulfonamides is 1. The van der Waals surface area contributed by atoms with Crippen molar-refractivity contribution in [3.8, 4) is 0 Å². The van der Waals surface area contributed by atoms with Crippen molar-refractivity contribution in [2.45, 2.75) is 38.3 Å². The SMILES string of the molecule is CC(C)C(C)NS(=O)(=O)c1ccc2c(c1)sc(=O)n2Cc1ccc(Cl)cc1. The summed E-state index contributed by atoms with van der Waals surface area (Å²) in [4.78, 5) is 12.5. The van der Waals surface area contributed by atoms with Crippen LogP contribution in [0, 0.1) is 5.92 Å². The Bertz CT molecular complexity index is 1120. The lowest BCUT2D eigenvalue weighted by atomic mass is 10.1. The van der Waals surface area contributed by atoms with Crippen molar-refractivity contribution in [1.29, 1.82) is 0 Å². The van der Waals surface area contributed by atoms with Crippen LogP contribution in [-0.2, 0) is 16.6 Å². The van der Waals surface area contributed by atoms with Gasteiger partial charge in [-0.3, -0.25) is 9.36 Å². The number of nitrogens with zero attached hydrogens (tertiary/aromatic N) is 1. The highest BCUT2D eigenvalue weighted by atomic mass is 35.5. The minimum Gasteiger partial charge on any atom is -0.294 e. The summed E-state index contributed by atoms with van der Waals surface area (Å²) in [6, 6.07) is 11.9. The molecule has 0 radical (unpaired) electrons. The van der Waals surface area contributed by atoms with E-state index in [1.165, 1.54) is 0 Å². The van der Waals surface area contributed by atoms with E-state index in [0.717, 1.165) is 22.4 Å². The smallest absolute Gasteiger partial charge is 0.294 e. The van der Waals surface area contributed by atoms with Gasteiger partial charge in [0.25, 0.3) is 0 Å². The number of benzene rings is 2. The van der Waals surface area contributed by atoms with Crippen LogP contribution in [0.3, 0.4) is 0 Å². The molecule has 0 spiro atoms. The van der Waals surface area contributed by atoms with Crippen LogP contribution in [0.15, 0.2) is 52.2 Å². The first-order valence-electron chi connectivity index (χ1n) is 8.57. The number of thiazole rings is 1. The van der Waals surface area contributed by atoms with Gasteiger partial charge in [0.05, 0.1) is 21.7 Å². The fraction of sp³-hybridized carbons (Fsp3) is 0.316. The molecule has 1 unspecified atom stereocenters. The van der Waals surface area contributed by atoms with Crippen LogP contribution in [0.5, 0.6) is 0 Å². The highest BCUT2D eigenvalue weighted by Crippen LogP contribution is 2.23. The summed E-state index contributed by atoms with van der Waals surface area (Å²) >= 11 is 6.95. The number of nitrogens with one attached hydrogen (secondary N) is 1. The monoisotopic (exact) mass is 424 g/mol. The maximum absolute atomic E-state index is 12.6. The maximum Gasteiger partial charge on any atom is 0.308 e. The lowest BCUT2D eigenvalue weighted by Crippen LogP contribution is -2.36. The van der Waals surface area contributed by atoms with E-state index in [2.05, 4.69) is 4.72 Å². The van der Waals surface area contributed by atoms with E-state index in [4.69, 9.17) is 11.6 Å². The number of aromatic nitrogens is 1. The van der Waals surface area contributed by atoms with Crippen LogP contribution in [0.2, 0.25) is 5.02 Å². The van der Waals surface area contributed by atoms with Crippen molar-refractivity contribution in [3.63, 3.8) is 0 Å². The molecule has 27 heavy (non-hydrogen) atoms. The molecule has 0 saturated heterocycles. The molecule has 1 N–H and O–H groups in total. The number of rotatable bonds is 6. The minimum atomic E-state index is -3.63. The van der Waals surface area contributed by atoms with Crippen molar-refractivity contribution >= 4 is 43.2 Å². The maximum atomic E-state index is 12.6. The molecule has 5 nitrogen and oxygen atoms in total. The van der Waals surface area contributed by atoms with Crippen LogP contribution >= 0.6 is 22.9 Å². The Hall–Kier alpha value is -1.67. The molecular weight excluding hydrogens is 404 g/mol. The number of halogens is 1. The molecule has 0 aliphatic heterocycles. The second-order valence-corrected chi connectivity index (χ2v) is 10.0. The van der Waals surface area contributed by atoms with E-state index in [1.807, 2.05) is 32.9 Å². The summed E-state index contributed by atoms with van der Waals surface area (Å²) in [6.07, 6.45) is 0. The fourth-order valence-corrected chi connectivity index (χ4v) is 5.13. The Kier molecular flexibility index (Phi) is 5.76. The van der Waals surface area contributed by atoms with E-state index < -0.39 is 10.0 Å². The first kappa shape index (κ1) is 20.1. The molecule has 0 saturated carbocycles. The predicted molar refractivity (Wildman–Crippen MR) is 111 cm³/mol. The largest absolute Gasteiger partial charge is 0.308 e. The van der Waals surface area contributed by atoms with Gasteiger partial charge in [0.1, 0.15) is 0 Å². The molecule has 3 rings (SSSR count). The minimum absolute atomic E-state index is 0.127. The lowest BCUT2D eigenvalue weighted by Gasteiger charge is -2.17. The second-order valence-electron chi connectivity index (χ2n) is 6.86. The quantitative estimate of drug-likeness (QED) is 0.648. The number of hydrogen-bond acceptors (Lipinski definition) is 4. The Balaban J connectivity index is 1.96. The van der Waals surface area contributed by atoms with Crippen LogP contribution in [-0.4, -0.2) is 19.0 Å². The normalized spacial score (nSPS) is 13.4. The van der Waals surface area contributed by atoms with E-state index in [-0.39, 0.29) is 21.7 Å². The van der Waals surface area contributed by atoms with Crippen LogP contribution in [0.25, 0.3) is 10.2 Å². The number of fused-ring (bicyclic) bond motifs is 1. The van der Waals surface area contributed by atoms with E-state index >= 15 is 0 Å². The molecule has 0 aliphatic rings.